The van der Waals surface area contributed by atoms with Gasteiger partial charge in [-0.05, 0) is 49.4 Å². The molecule has 2 aromatic carbocycles. The molecule has 3 aromatic rings. The number of hydrogen-bond acceptors (Lipinski definition) is 6. The molecule has 1 unspecified atom stereocenters. The van der Waals surface area contributed by atoms with Gasteiger partial charge < -0.3 is 14.4 Å². The number of carboxylic acid groups (broad SMARTS) is 1. The number of thiazole rings is 1. The Labute approximate surface area is 166 Å². The Morgan fingerprint density at radius 3 is 2.64 bits per heavy atom. The van der Waals surface area contributed by atoms with Crippen LogP contribution >= 0.6 is 11.3 Å². The van der Waals surface area contributed by atoms with Crippen molar-refractivity contribution >= 4 is 39.3 Å². The minimum atomic E-state index is -2.72. The first-order chi connectivity index (χ1) is 13.4. The molecule has 1 aromatic heterocycles. The van der Waals surface area contributed by atoms with Crippen molar-refractivity contribution < 1.29 is 27.8 Å². The average Bonchev–Trinajstić information content (AvgIpc) is 3.13. The standard InChI is InChI=1S/C18H15FN2O5S2/c1-2-26-15-9-12(18(22)23)5-8-14(15)21(28(24)25)16-10-20-17(27-16)11-3-6-13(19)7-4-11/h3-10H,2H2,1H3,(H,22,23)(H,24,25)/p-1. The quantitative estimate of drug-likeness (QED) is 0.579. The maximum atomic E-state index is 13.1. The third-order valence-corrected chi connectivity index (χ3v) is 5.50. The van der Waals surface area contributed by atoms with Crippen LogP contribution in [-0.4, -0.2) is 31.4 Å². The number of nitrogens with zero attached hydrogens (tertiary/aromatic N) is 2. The van der Waals surface area contributed by atoms with Gasteiger partial charge in [-0.25, -0.2) is 14.2 Å². The Balaban J connectivity index is 2.04. The van der Waals surface area contributed by atoms with Crippen molar-refractivity contribution in [2.45, 2.75) is 6.92 Å². The van der Waals surface area contributed by atoms with Gasteiger partial charge in [-0.2, -0.15) is 0 Å². The van der Waals surface area contributed by atoms with Gasteiger partial charge in [-0.1, -0.05) is 11.3 Å². The van der Waals surface area contributed by atoms with Gasteiger partial charge in [0.15, 0.2) is 0 Å². The first-order valence-electron chi connectivity index (χ1n) is 8.02. The molecule has 0 fully saturated rings. The molecule has 10 heteroatoms. The van der Waals surface area contributed by atoms with Crippen LogP contribution in [0.1, 0.15) is 17.3 Å². The van der Waals surface area contributed by atoms with E-state index in [0.717, 1.165) is 15.6 Å². The summed E-state index contributed by atoms with van der Waals surface area (Å²) in [5, 5.41) is 9.94. The Hall–Kier alpha value is -2.82. The second-order valence-electron chi connectivity index (χ2n) is 5.44. The number of anilines is 2. The number of aromatic carboxylic acids is 1. The maximum absolute atomic E-state index is 13.1. The van der Waals surface area contributed by atoms with Gasteiger partial charge in [-0.15, -0.1) is 0 Å². The number of halogens is 1. The van der Waals surface area contributed by atoms with Crippen LogP contribution in [0.25, 0.3) is 10.6 Å². The summed E-state index contributed by atoms with van der Waals surface area (Å²) < 4.78 is 43.4. The van der Waals surface area contributed by atoms with Gasteiger partial charge in [0, 0.05) is 5.56 Å². The summed E-state index contributed by atoms with van der Waals surface area (Å²) in [5.41, 5.74) is 0.773. The molecule has 28 heavy (non-hydrogen) atoms. The molecule has 0 amide bonds. The molecule has 1 atom stereocenters. The Bertz CT molecular complexity index is 1020. The smallest absolute Gasteiger partial charge is 0.335 e. The lowest BCUT2D eigenvalue weighted by atomic mass is 10.2. The molecule has 0 aliphatic rings. The first-order valence-corrected chi connectivity index (χ1v) is 9.87. The fraction of sp³-hybridized carbons (Fsp3) is 0.111. The lowest BCUT2D eigenvalue weighted by Crippen LogP contribution is -2.19. The largest absolute Gasteiger partial charge is 0.755 e. The SMILES string of the molecule is CCOc1cc(C(=O)O)ccc1N(c1cnc(-c2ccc(F)cc2)s1)S(=O)[O-]. The molecule has 0 saturated carbocycles. The van der Waals surface area contributed by atoms with E-state index in [2.05, 4.69) is 4.98 Å². The molecule has 0 aliphatic carbocycles. The van der Waals surface area contributed by atoms with Crippen molar-refractivity contribution in [2.24, 2.45) is 0 Å². The Morgan fingerprint density at radius 1 is 1.32 bits per heavy atom. The highest BCUT2D eigenvalue weighted by atomic mass is 32.2. The van der Waals surface area contributed by atoms with E-state index in [1.807, 2.05) is 0 Å². The molecule has 0 saturated heterocycles. The maximum Gasteiger partial charge on any atom is 0.335 e. The highest BCUT2D eigenvalue weighted by Crippen LogP contribution is 2.40. The third kappa shape index (κ3) is 4.19. The molecule has 1 N–H and O–H groups in total. The van der Waals surface area contributed by atoms with Crippen molar-refractivity contribution in [2.75, 3.05) is 10.9 Å². The number of carbonyl (C=O) groups is 1. The van der Waals surface area contributed by atoms with Crippen LogP contribution in [0.15, 0.2) is 48.7 Å². The summed E-state index contributed by atoms with van der Waals surface area (Å²) in [5.74, 6) is -1.43. The summed E-state index contributed by atoms with van der Waals surface area (Å²) in [6, 6.07) is 9.59. The van der Waals surface area contributed by atoms with Gasteiger partial charge in [0.2, 0.25) is 0 Å². The van der Waals surface area contributed by atoms with Crippen molar-refractivity contribution in [1.29, 1.82) is 0 Å². The van der Waals surface area contributed by atoms with Gasteiger partial charge in [0.05, 0.1) is 35.3 Å². The fourth-order valence-corrected chi connectivity index (χ4v) is 4.09. The molecular formula is C18H14FN2O5S2-. The molecule has 0 spiro atoms. The molecule has 1 heterocycles. The van der Waals surface area contributed by atoms with E-state index in [9.17, 15) is 17.9 Å². The van der Waals surface area contributed by atoms with Crippen LogP contribution in [0.3, 0.4) is 0 Å². The van der Waals surface area contributed by atoms with Gasteiger partial charge >= 0.3 is 5.97 Å². The topological polar surface area (TPSA) is 103 Å². The Kier molecular flexibility index (Phi) is 6.02. The molecule has 0 radical (unpaired) electrons. The monoisotopic (exact) mass is 421 g/mol. The average molecular weight is 421 g/mol. The molecular weight excluding hydrogens is 407 g/mol. The predicted molar refractivity (Wildman–Crippen MR) is 103 cm³/mol. The van der Waals surface area contributed by atoms with Gasteiger partial charge in [0.1, 0.15) is 21.6 Å². The number of aromatic nitrogens is 1. The molecule has 146 valence electrons. The van der Waals surface area contributed by atoms with E-state index in [1.165, 1.54) is 36.5 Å². The van der Waals surface area contributed by atoms with E-state index in [0.29, 0.717) is 10.6 Å². The minimum absolute atomic E-state index is 0.0277. The number of carboxylic acids is 1. The van der Waals surface area contributed by atoms with E-state index in [1.54, 1.807) is 19.1 Å². The summed E-state index contributed by atoms with van der Waals surface area (Å²) in [6.45, 7) is 1.92. The molecule has 3 rings (SSSR count). The minimum Gasteiger partial charge on any atom is -0.755 e. The zero-order chi connectivity index (χ0) is 20.3. The highest BCUT2D eigenvalue weighted by molar-refractivity contribution is 7.81. The van der Waals surface area contributed by atoms with Crippen molar-refractivity contribution in [1.82, 2.24) is 4.98 Å². The normalized spacial score (nSPS) is 11.8. The summed E-state index contributed by atoms with van der Waals surface area (Å²) in [4.78, 5) is 15.4. The van der Waals surface area contributed by atoms with E-state index in [4.69, 9.17) is 9.84 Å². The van der Waals surface area contributed by atoms with Crippen molar-refractivity contribution in [3.63, 3.8) is 0 Å². The van der Waals surface area contributed by atoms with Crippen LogP contribution in [0, 0.1) is 5.82 Å². The van der Waals surface area contributed by atoms with Gasteiger partial charge in [0.25, 0.3) is 0 Å². The number of benzene rings is 2. The van der Waals surface area contributed by atoms with Crippen LogP contribution < -0.4 is 9.04 Å². The van der Waals surface area contributed by atoms with Crippen LogP contribution in [0.4, 0.5) is 15.1 Å². The Morgan fingerprint density at radius 2 is 2.04 bits per heavy atom. The van der Waals surface area contributed by atoms with Crippen LogP contribution in [0.5, 0.6) is 5.75 Å². The molecule has 0 bridgehead atoms. The zero-order valence-corrected chi connectivity index (χ0v) is 16.1. The molecule has 0 aliphatic heterocycles. The summed E-state index contributed by atoms with van der Waals surface area (Å²) >= 11 is -1.63. The fourth-order valence-electron chi connectivity index (χ4n) is 2.44. The zero-order valence-electron chi connectivity index (χ0n) is 14.5. The first kappa shape index (κ1) is 19.9. The number of hydrogen-bond donors (Lipinski definition) is 1. The highest BCUT2D eigenvalue weighted by Gasteiger charge is 2.20. The van der Waals surface area contributed by atoms with Crippen molar-refractivity contribution in [3.8, 4) is 16.3 Å². The third-order valence-electron chi connectivity index (χ3n) is 3.66. The van der Waals surface area contributed by atoms with Crippen LogP contribution in [0.2, 0.25) is 0 Å². The number of ether oxygens (including phenoxy) is 1. The lowest BCUT2D eigenvalue weighted by molar-refractivity contribution is 0.0696. The summed E-state index contributed by atoms with van der Waals surface area (Å²) in [6.07, 6.45) is 1.37. The second kappa shape index (κ2) is 8.46. The van der Waals surface area contributed by atoms with E-state index >= 15 is 0 Å². The molecule has 7 nitrogen and oxygen atoms in total. The second-order valence-corrected chi connectivity index (χ2v) is 7.25. The predicted octanol–water partition coefficient (Wildman–Crippen LogP) is 3.98. The number of rotatable bonds is 7. The van der Waals surface area contributed by atoms with Crippen LogP contribution in [-0.2, 0) is 11.3 Å². The van der Waals surface area contributed by atoms with Gasteiger partial charge in [-0.3, -0.25) is 8.51 Å². The summed E-state index contributed by atoms with van der Waals surface area (Å²) in [7, 11) is 0. The van der Waals surface area contributed by atoms with E-state index in [-0.39, 0.29) is 34.4 Å². The van der Waals surface area contributed by atoms with Crippen molar-refractivity contribution in [3.05, 3.63) is 60.0 Å². The lowest BCUT2D eigenvalue weighted by Gasteiger charge is -2.26. The van der Waals surface area contributed by atoms with E-state index < -0.39 is 17.2 Å².